The highest BCUT2D eigenvalue weighted by atomic mass is 32.1. The molecular formula is C23H22F2N6S. The van der Waals surface area contributed by atoms with Gasteiger partial charge in [-0.1, -0.05) is 30.3 Å². The summed E-state index contributed by atoms with van der Waals surface area (Å²) in [5, 5.41) is 15.5. The van der Waals surface area contributed by atoms with Crippen LogP contribution >= 0.6 is 12.2 Å². The van der Waals surface area contributed by atoms with Crippen molar-refractivity contribution in [2.45, 2.75) is 26.9 Å². The summed E-state index contributed by atoms with van der Waals surface area (Å²) in [5.41, 5.74) is 4.71. The zero-order valence-corrected chi connectivity index (χ0v) is 18.5. The molecule has 32 heavy (non-hydrogen) atoms. The zero-order valence-electron chi connectivity index (χ0n) is 17.6. The van der Waals surface area contributed by atoms with Gasteiger partial charge in [-0.15, -0.1) is 0 Å². The Kier molecular flexibility index (Phi) is 6.27. The summed E-state index contributed by atoms with van der Waals surface area (Å²) in [4.78, 5) is 0. The first kappa shape index (κ1) is 21.6. The molecule has 164 valence electrons. The van der Waals surface area contributed by atoms with Gasteiger partial charge in [0.2, 0.25) is 0 Å². The second-order valence-electron chi connectivity index (χ2n) is 7.43. The van der Waals surface area contributed by atoms with Crippen molar-refractivity contribution >= 4 is 28.7 Å². The van der Waals surface area contributed by atoms with E-state index in [9.17, 15) is 8.78 Å². The van der Waals surface area contributed by atoms with Crippen LogP contribution in [0.15, 0.2) is 60.9 Å². The molecule has 2 aromatic carbocycles. The number of hydrogen-bond acceptors (Lipinski definition) is 3. The molecule has 0 amide bonds. The highest BCUT2D eigenvalue weighted by molar-refractivity contribution is 7.80. The van der Waals surface area contributed by atoms with Crippen molar-refractivity contribution in [1.82, 2.24) is 19.6 Å². The normalized spacial score (nSPS) is 10.9. The Morgan fingerprint density at radius 1 is 1.00 bits per heavy atom. The van der Waals surface area contributed by atoms with E-state index in [0.29, 0.717) is 29.5 Å². The molecule has 0 bridgehead atoms. The van der Waals surface area contributed by atoms with Crippen molar-refractivity contribution in [3.63, 3.8) is 0 Å². The van der Waals surface area contributed by atoms with Gasteiger partial charge in [0.25, 0.3) is 0 Å². The van der Waals surface area contributed by atoms with Crippen molar-refractivity contribution in [3.05, 3.63) is 95.1 Å². The van der Waals surface area contributed by atoms with Crippen LogP contribution in [0.25, 0.3) is 0 Å². The van der Waals surface area contributed by atoms with Crippen LogP contribution in [0.2, 0.25) is 0 Å². The first-order chi connectivity index (χ1) is 15.4. The highest BCUT2D eigenvalue weighted by Crippen LogP contribution is 2.21. The minimum Gasteiger partial charge on any atom is -0.330 e. The van der Waals surface area contributed by atoms with Gasteiger partial charge in [0, 0.05) is 11.8 Å². The molecule has 0 aliphatic carbocycles. The number of nitrogens with zero attached hydrogens (tertiary/aromatic N) is 4. The van der Waals surface area contributed by atoms with E-state index in [4.69, 9.17) is 12.2 Å². The fraction of sp³-hybridized carbons (Fsp3) is 0.174. The van der Waals surface area contributed by atoms with Crippen LogP contribution < -0.4 is 10.6 Å². The molecular weight excluding hydrogens is 430 g/mol. The van der Waals surface area contributed by atoms with E-state index in [1.54, 1.807) is 47.4 Å². The number of aromatic nitrogens is 4. The summed E-state index contributed by atoms with van der Waals surface area (Å²) in [5.74, 6) is -0.531. The zero-order chi connectivity index (χ0) is 22.7. The van der Waals surface area contributed by atoms with Gasteiger partial charge in [0.15, 0.2) is 5.11 Å². The lowest BCUT2D eigenvalue weighted by Gasteiger charge is -2.10. The van der Waals surface area contributed by atoms with Crippen molar-refractivity contribution in [1.29, 1.82) is 0 Å². The van der Waals surface area contributed by atoms with Gasteiger partial charge in [0.05, 0.1) is 42.0 Å². The van der Waals surface area contributed by atoms with Crippen LogP contribution in [0.3, 0.4) is 0 Å². The predicted molar refractivity (Wildman–Crippen MR) is 125 cm³/mol. The molecule has 0 spiro atoms. The SMILES string of the molecule is Cc1nn(Cc2ccc(F)cc2)c(C)c1NC(=S)Nc1cnn(Cc2ccccc2F)c1. The van der Waals surface area contributed by atoms with E-state index < -0.39 is 0 Å². The molecule has 4 aromatic rings. The Morgan fingerprint density at radius 2 is 1.75 bits per heavy atom. The van der Waals surface area contributed by atoms with Crippen LogP contribution in [-0.2, 0) is 13.1 Å². The third-order valence-corrected chi connectivity index (χ3v) is 5.25. The molecule has 9 heteroatoms. The van der Waals surface area contributed by atoms with Crippen molar-refractivity contribution < 1.29 is 8.78 Å². The highest BCUT2D eigenvalue weighted by Gasteiger charge is 2.14. The third kappa shape index (κ3) is 5.00. The van der Waals surface area contributed by atoms with E-state index in [0.717, 1.165) is 22.6 Å². The first-order valence-electron chi connectivity index (χ1n) is 10.0. The summed E-state index contributed by atoms with van der Waals surface area (Å²) in [6, 6.07) is 13.0. The fourth-order valence-electron chi connectivity index (χ4n) is 3.39. The molecule has 2 heterocycles. The van der Waals surface area contributed by atoms with Crippen LogP contribution in [0.5, 0.6) is 0 Å². The van der Waals surface area contributed by atoms with E-state index in [-0.39, 0.29) is 11.6 Å². The summed E-state index contributed by atoms with van der Waals surface area (Å²) in [7, 11) is 0. The molecule has 0 aliphatic heterocycles. The average Bonchev–Trinajstić information content (AvgIpc) is 3.30. The topological polar surface area (TPSA) is 59.7 Å². The van der Waals surface area contributed by atoms with E-state index in [1.807, 2.05) is 18.5 Å². The Labute approximate surface area is 189 Å². The van der Waals surface area contributed by atoms with E-state index in [1.165, 1.54) is 18.2 Å². The number of nitrogens with one attached hydrogen (secondary N) is 2. The van der Waals surface area contributed by atoms with Crippen LogP contribution in [0, 0.1) is 25.5 Å². The van der Waals surface area contributed by atoms with Gasteiger partial charge in [-0.05, 0) is 49.8 Å². The number of anilines is 2. The lowest BCUT2D eigenvalue weighted by Crippen LogP contribution is -2.19. The summed E-state index contributed by atoms with van der Waals surface area (Å²) >= 11 is 5.45. The van der Waals surface area contributed by atoms with Crippen molar-refractivity contribution in [2.75, 3.05) is 10.6 Å². The molecule has 6 nitrogen and oxygen atoms in total. The smallest absolute Gasteiger partial charge is 0.175 e. The van der Waals surface area contributed by atoms with E-state index >= 15 is 0 Å². The Morgan fingerprint density at radius 3 is 2.50 bits per heavy atom. The molecule has 0 atom stereocenters. The van der Waals surface area contributed by atoms with Gasteiger partial charge < -0.3 is 10.6 Å². The van der Waals surface area contributed by atoms with Crippen molar-refractivity contribution in [3.8, 4) is 0 Å². The quantitative estimate of drug-likeness (QED) is 0.409. The average molecular weight is 453 g/mol. The lowest BCUT2D eigenvalue weighted by atomic mass is 10.2. The molecule has 2 N–H and O–H groups in total. The maximum atomic E-state index is 13.9. The molecule has 0 aliphatic rings. The Balaban J connectivity index is 1.40. The molecule has 0 saturated heterocycles. The standard InChI is InChI=1S/C23H22F2N6S/c1-15-22(16(2)31(29-15)12-17-7-9-19(24)10-8-17)28-23(32)27-20-11-26-30(14-20)13-18-5-3-4-6-21(18)25/h3-11,14H,12-13H2,1-2H3,(H2,27,28,32). The van der Waals surface area contributed by atoms with Gasteiger partial charge in [-0.25, -0.2) is 8.78 Å². The monoisotopic (exact) mass is 452 g/mol. The number of hydrogen-bond donors (Lipinski definition) is 2. The largest absolute Gasteiger partial charge is 0.330 e. The molecule has 0 unspecified atom stereocenters. The minimum absolute atomic E-state index is 0.265. The van der Waals surface area contributed by atoms with Gasteiger partial charge in [-0.3, -0.25) is 9.36 Å². The van der Waals surface area contributed by atoms with Gasteiger partial charge >= 0.3 is 0 Å². The van der Waals surface area contributed by atoms with Crippen LogP contribution in [0.4, 0.5) is 20.2 Å². The molecule has 0 saturated carbocycles. The third-order valence-electron chi connectivity index (χ3n) is 5.05. The second kappa shape index (κ2) is 9.27. The van der Waals surface area contributed by atoms with Gasteiger partial charge in [0.1, 0.15) is 11.6 Å². The molecule has 2 aromatic heterocycles. The number of benzene rings is 2. The Hall–Kier alpha value is -3.59. The number of aryl methyl sites for hydroxylation is 1. The molecule has 0 radical (unpaired) electrons. The summed E-state index contributed by atoms with van der Waals surface area (Å²) < 4.78 is 30.5. The predicted octanol–water partition coefficient (Wildman–Crippen LogP) is 4.88. The number of thiocarbonyl (C=S) groups is 1. The fourth-order valence-corrected chi connectivity index (χ4v) is 3.61. The van der Waals surface area contributed by atoms with Crippen LogP contribution in [0.1, 0.15) is 22.5 Å². The molecule has 4 rings (SSSR count). The maximum Gasteiger partial charge on any atom is 0.175 e. The Bertz CT molecular complexity index is 1250. The van der Waals surface area contributed by atoms with Crippen LogP contribution in [-0.4, -0.2) is 24.7 Å². The number of halogens is 2. The van der Waals surface area contributed by atoms with E-state index in [2.05, 4.69) is 20.8 Å². The summed E-state index contributed by atoms with van der Waals surface area (Å²) in [6.07, 6.45) is 3.39. The van der Waals surface area contributed by atoms with Gasteiger partial charge in [-0.2, -0.15) is 10.2 Å². The first-order valence-corrected chi connectivity index (χ1v) is 10.4. The molecule has 0 fully saturated rings. The maximum absolute atomic E-state index is 13.9. The minimum atomic E-state index is -0.266. The lowest BCUT2D eigenvalue weighted by molar-refractivity contribution is 0.585. The van der Waals surface area contributed by atoms with Crippen molar-refractivity contribution in [2.24, 2.45) is 0 Å². The summed E-state index contributed by atoms with van der Waals surface area (Å²) in [6.45, 7) is 4.69. The number of rotatable bonds is 6. The second-order valence-corrected chi connectivity index (χ2v) is 7.84.